The Kier molecular flexibility index (Phi) is 2.29. The van der Waals surface area contributed by atoms with Crippen LogP contribution in [-0.4, -0.2) is 27.6 Å². The third kappa shape index (κ3) is 1.76. The number of rotatable bonds is 3. The molecule has 2 aromatic rings. The number of aromatic nitrogens is 2. The van der Waals surface area contributed by atoms with Crippen molar-refractivity contribution >= 4 is 11.6 Å². The topological polar surface area (TPSA) is 63.8 Å². The van der Waals surface area contributed by atoms with Gasteiger partial charge in [0.15, 0.2) is 0 Å². The van der Waals surface area contributed by atoms with Crippen LogP contribution in [0.5, 0.6) is 5.75 Å². The fourth-order valence-corrected chi connectivity index (χ4v) is 1.42. The fraction of sp³-hybridized carbons (Fsp3) is 0.200. The second kappa shape index (κ2) is 3.61. The van der Waals surface area contributed by atoms with Crippen LogP contribution in [0, 0.1) is 0 Å². The SMILES string of the molecule is COc1ccc2ncc(CC(=O)O)n2c1. The Morgan fingerprint density at radius 2 is 2.40 bits per heavy atom. The van der Waals surface area contributed by atoms with Crippen LogP contribution < -0.4 is 4.74 Å². The molecule has 0 aromatic carbocycles. The van der Waals surface area contributed by atoms with Crippen LogP contribution >= 0.6 is 0 Å². The number of imidazole rings is 1. The van der Waals surface area contributed by atoms with E-state index in [9.17, 15) is 4.79 Å². The van der Waals surface area contributed by atoms with E-state index < -0.39 is 5.97 Å². The summed E-state index contributed by atoms with van der Waals surface area (Å²) < 4.78 is 6.77. The number of carboxylic acids is 1. The number of carboxylic acid groups (broad SMARTS) is 1. The lowest BCUT2D eigenvalue weighted by atomic mass is 10.3. The van der Waals surface area contributed by atoms with Crippen LogP contribution in [-0.2, 0) is 11.2 Å². The van der Waals surface area contributed by atoms with Crippen molar-refractivity contribution in [3.8, 4) is 5.75 Å². The highest BCUT2D eigenvalue weighted by molar-refractivity contribution is 5.70. The minimum atomic E-state index is -0.875. The highest BCUT2D eigenvalue weighted by Crippen LogP contribution is 2.14. The Hall–Kier alpha value is -2.04. The summed E-state index contributed by atoms with van der Waals surface area (Å²) in [4.78, 5) is 14.7. The van der Waals surface area contributed by atoms with E-state index >= 15 is 0 Å². The predicted octanol–water partition coefficient (Wildman–Crippen LogP) is 0.970. The van der Waals surface area contributed by atoms with Gasteiger partial charge in [0.1, 0.15) is 11.4 Å². The van der Waals surface area contributed by atoms with Crippen molar-refractivity contribution in [1.82, 2.24) is 9.38 Å². The number of nitrogens with zero attached hydrogens (tertiary/aromatic N) is 2. The molecule has 0 saturated carbocycles. The maximum atomic E-state index is 10.6. The summed E-state index contributed by atoms with van der Waals surface area (Å²) >= 11 is 0. The number of hydrogen-bond donors (Lipinski definition) is 1. The number of hydrogen-bond acceptors (Lipinski definition) is 3. The fourth-order valence-electron chi connectivity index (χ4n) is 1.42. The predicted molar refractivity (Wildman–Crippen MR) is 53.1 cm³/mol. The molecule has 0 spiro atoms. The second-order valence-corrected chi connectivity index (χ2v) is 3.12. The summed E-state index contributed by atoms with van der Waals surface area (Å²) in [6.07, 6.45) is 3.23. The van der Waals surface area contributed by atoms with Crippen molar-refractivity contribution in [2.24, 2.45) is 0 Å². The van der Waals surface area contributed by atoms with Crippen molar-refractivity contribution in [3.63, 3.8) is 0 Å². The highest BCUT2D eigenvalue weighted by Gasteiger charge is 2.07. The van der Waals surface area contributed by atoms with Gasteiger partial charge < -0.3 is 9.84 Å². The van der Waals surface area contributed by atoms with Crippen LogP contribution in [0.25, 0.3) is 5.65 Å². The first-order valence-corrected chi connectivity index (χ1v) is 4.42. The Morgan fingerprint density at radius 3 is 3.07 bits per heavy atom. The zero-order valence-corrected chi connectivity index (χ0v) is 8.17. The van der Waals surface area contributed by atoms with Crippen LogP contribution in [0.3, 0.4) is 0 Å². The first-order valence-electron chi connectivity index (χ1n) is 4.42. The molecule has 0 aliphatic carbocycles. The Morgan fingerprint density at radius 1 is 1.60 bits per heavy atom. The van der Waals surface area contributed by atoms with Crippen molar-refractivity contribution < 1.29 is 14.6 Å². The molecule has 0 aliphatic heterocycles. The lowest BCUT2D eigenvalue weighted by Gasteiger charge is -2.02. The maximum Gasteiger partial charge on any atom is 0.309 e. The van der Waals surface area contributed by atoms with Gasteiger partial charge in [0.25, 0.3) is 0 Å². The largest absolute Gasteiger partial charge is 0.495 e. The van der Waals surface area contributed by atoms with Gasteiger partial charge in [-0.1, -0.05) is 0 Å². The van der Waals surface area contributed by atoms with E-state index in [0.29, 0.717) is 17.1 Å². The number of ether oxygens (including phenoxy) is 1. The molecule has 2 aromatic heterocycles. The van der Waals surface area contributed by atoms with Crippen molar-refractivity contribution in [2.45, 2.75) is 6.42 Å². The Bertz CT molecular complexity index is 504. The molecule has 0 saturated heterocycles. The van der Waals surface area contributed by atoms with Gasteiger partial charge in [0.05, 0.1) is 25.4 Å². The third-order valence-corrected chi connectivity index (χ3v) is 2.12. The minimum absolute atomic E-state index is 0.0473. The molecular formula is C10H10N2O3. The van der Waals surface area contributed by atoms with Gasteiger partial charge in [0.2, 0.25) is 0 Å². The van der Waals surface area contributed by atoms with E-state index in [2.05, 4.69) is 4.98 Å². The quantitative estimate of drug-likeness (QED) is 0.812. The lowest BCUT2D eigenvalue weighted by Crippen LogP contribution is -2.03. The molecule has 0 amide bonds. The molecule has 78 valence electrons. The summed E-state index contributed by atoms with van der Waals surface area (Å²) in [7, 11) is 1.56. The smallest absolute Gasteiger partial charge is 0.309 e. The summed E-state index contributed by atoms with van der Waals surface area (Å²) in [6.45, 7) is 0. The zero-order valence-electron chi connectivity index (χ0n) is 8.17. The molecule has 0 atom stereocenters. The number of pyridine rings is 1. The average molecular weight is 206 g/mol. The first kappa shape index (κ1) is 9.51. The highest BCUT2D eigenvalue weighted by atomic mass is 16.5. The molecule has 0 radical (unpaired) electrons. The van der Waals surface area contributed by atoms with Gasteiger partial charge in [-0.25, -0.2) is 4.98 Å². The summed E-state index contributed by atoms with van der Waals surface area (Å²) in [5.74, 6) is -0.202. The van der Waals surface area contributed by atoms with E-state index in [0.717, 1.165) is 0 Å². The van der Waals surface area contributed by atoms with E-state index in [-0.39, 0.29) is 6.42 Å². The minimum Gasteiger partial charge on any atom is -0.495 e. The maximum absolute atomic E-state index is 10.6. The standard InChI is InChI=1S/C10H10N2O3/c1-15-8-2-3-9-11-5-7(4-10(13)14)12(9)6-8/h2-3,5-6H,4H2,1H3,(H,13,14). The molecule has 0 bridgehead atoms. The molecule has 5 nitrogen and oxygen atoms in total. The number of aliphatic carboxylic acids is 1. The molecule has 0 fully saturated rings. The molecular weight excluding hydrogens is 196 g/mol. The third-order valence-electron chi connectivity index (χ3n) is 2.12. The van der Waals surface area contributed by atoms with Gasteiger partial charge in [-0.15, -0.1) is 0 Å². The molecule has 2 heterocycles. The van der Waals surface area contributed by atoms with Gasteiger partial charge in [0, 0.05) is 6.20 Å². The van der Waals surface area contributed by atoms with E-state index in [4.69, 9.17) is 9.84 Å². The summed E-state index contributed by atoms with van der Waals surface area (Å²) in [5.41, 5.74) is 1.35. The van der Waals surface area contributed by atoms with Crippen LogP contribution in [0.4, 0.5) is 0 Å². The average Bonchev–Trinajstić information content (AvgIpc) is 2.60. The lowest BCUT2D eigenvalue weighted by molar-refractivity contribution is -0.136. The van der Waals surface area contributed by atoms with E-state index in [1.807, 2.05) is 0 Å². The van der Waals surface area contributed by atoms with Crippen molar-refractivity contribution in [1.29, 1.82) is 0 Å². The van der Waals surface area contributed by atoms with E-state index in [1.54, 1.807) is 36.0 Å². The number of carbonyl (C=O) groups is 1. The molecule has 0 unspecified atom stereocenters. The zero-order chi connectivity index (χ0) is 10.8. The molecule has 0 aliphatic rings. The number of methoxy groups -OCH3 is 1. The second-order valence-electron chi connectivity index (χ2n) is 3.12. The Balaban J connectivity index is 2.51. The van der Waals surface area contributed by atoms with Crippen molar-refractivity contribution in [3.05, 3.63) is 30.2 Å². The monoisotopic (exact) mass is 206 g/mol. The Labute approximate surface area is 85.9 Å². The normalized spacial score (nSPS) is 10.5. The molecule has 1 N–H and O–H groups in total. The van der Waals surface area contributed by atoms with Crippen molar-refractivity contribution in [2.75, 3.05) is 7.11 Å². The first-order chi connectivity index (χ1) is 7.20. The van der Waals surface area contributed by atoms with Gasteiger partial charge in [-0.2, -0.15) is 0 Å². The van der Waals surface area contributed by atoms with Gasteiger partial charge in [-0.3, -0.25) is 9.20 Å². The molecule has 5 heteroatoms. The number of fused-ring (bicyclic) bond motifs is 1. The summed E-state index contributed by atoms with van der Waals surface area (Å²) in [5, 5.41) is 8.70. The van der Waals surface area contributed by atoms with Crippen LogP contribution in [0.1, 0.15) is 5.69 Å². The van der Waals surface area contributed by atoms with Gasteiger partial charge >= 0.3 is 5.97 Å². The molecule has 15 heavy (non-hydrogen) atoms. The van der Waals surface area contributed by atoms with Crippen LogP contribution in [0.2, 0.25) is 0 Å². The summed E-state index contributed by atoms with van der Waals surface area (Å²) in [6, 6.07) is 3.57. The van der Waals surface area contributed by atoms with Gasteiger partial charge in [-0.05, 0) is 12.1 Å². The van der Waals surface area contributed by atoms with E-state index in [1.165, 1.54) is 0 Å². The van der Waals surface area contributed by atoms with Crippen LogP contribution in [0.15, 0.2) is 24.5 Å². The molecule has 2 rings (SSSR count).